The molecule has 2 atom stereocenters. The number of aliphatic hydroxyl groups is 1. The second kappa shape index (κ2) is 5.52. The molecule has 0 bridgehead atoms. The van der Waals surface area contributed by atoms with Crippen LogP contribution >= 0.6 is 0 Å². The number of nitrogens with zero attached hydrogens (tertiary/aromatic N) is 3. The lowest BCUT2D eigenvalue weighted by molar-refractivity contribution is 0.254. The van der Waals surface area contributed by atoms with Gasteiger partial charge in [0.25, 0.3) is 0 Å². The number of rotatable bonds is 5. The first-order valence-corrected chi connectivity index (χ1v) is 5.25. The molecule has 0 aromatic carbocycles. The maximum absolute atomic E-state index is 8.89. The lowest BCUT2D eigenvalue weighted by atomic mass is 10.1. The number of hydrogen-bond acceptors (Lipinski definition) is 3. The van der Waals surface area contributed by atoms with Gasteiger partial charge >= 0.3 is 0 Å². The fourth-order valence-corrected chi connectivity index (χ4v) is 1.32. The molecule has 0 amide bonds. The fraction of sp³-hybridized carbons (Fsp3) is 0.636. The van der Waals surface area contributed by atoms with Gasteiger partial charge in [-0.15, -0.1) is 0 Å². The Balaban J connectivity index is 2.64. The Morgan fingerprint density at radius 2 is 2.40 bits per heavy atom. The van der Waals surface area contributed by atoms with Gasteiger partial charge < -0.3 is 5.11 Å². The van der Waals surface area contributed by atoms with E-state index in [-0.39, 0.29) is 12.5 Å². The van der Waals surface area contributed by atoms with Crippen molar-refractivity contribution in [1.82, 2.24) is 9.78 Å². The number of aromatic nitrogens is 2. The molecule has 0 aliphatic heterocycles. The molecule has 1 N–H and O–H groups in total. The van der Waals surface area contributed by atoms with Crippen molar-refractivity contribution in [2.24, 2.45) is 5.92 Å². The standard InChI is InChI=1S/C11H17N3O/c1-3-9(2)14-5-4-11(13-14)6-10(7-12)8-15/h4-5,9-10,15H,3,6,8H2,1-2H3. The summed E-state index contributed by atoms with van der Waals surface area (Å²) in [6, 6.07) is 4.35. The molecule has 0 saturated heterocycles. The topological polar surface area (TPSA) is 61.8 Å². The average Bonchev–Trinajstić information content (AvgIpc) is 2.73. The summed E-state index contributed by atoms with van der Waals surface area (Å²) in [5, 5.41) is 22.0. The van der Waals surface area contributed by atoms with E-state index in [0.29, 0.717) is 12.5 Å². The monoisotopic (exact) mass is 207 g/mol. The lowest BCUT2D eigenvalue weighted by Crippen LogP contribution is -2.09. The van der Waals surface area contributed by atoms with E-state index in [9.17, 15) is 0 Å². The highest BCUT2D eigenvalue weighted by Gasteiger charge is 2.10. The summed E-state index contributed by atoms with van der Waals surface area (Å²) < 4.78 is 1.90. The van der Waals surface area contributed by atoms with Gasteiger partial charge in [0.1, 0.15) is 0 Å². The highest BCUT2D eigenvalue weighted by Crippen LogP contribution is 2.11. The van der Waals surface area contributed by atoms with E-state index in [1.165, 1.54) is 0 Å². The Kier molecular flexibility index (Phi) is 4.32. The van der Waals surface area contributed by atoms with Gasteiger partial charge in [0.2, 0.25) is 0 Å². The van der Waals surface area contributed by atoms with E-state index >= 15 is 0 Å². The molecular weight excluding hydrogens is 190 g/mol. The van der Waals surface area contributed by atoms with Crippen LogP contribution in [0.25, 0.3) is 0 Å². The van der Waals surface area contributed by atoms with Crippen LogP contribution in [0.1, 0.15) is 32.0 Å². The van der Waals surface area contributed by atoms with Gasteiger partial charge in [0.05, 0.1) is 24.3 Å². The Morgan fingerprint density at radius 3 is 2.93 bits per heavy atom. The summed E-state index contributed by atoms with van der Waals surface area (Å²) >= 11 is 0. The first-order chi connectivity index (χ1) is 7.21. The molecule has 4 nitrogen and oxygen atoms in total. The zero-order valence-electron chi connectivity index (χ0n) is 9.22. The van der Waals surface area contributed by atoms with Gasteiger partial charge in [-0.3, -0.25) is 4.68 Å². The van der Waals surface area contributed by atoms with Gasteiger partial charge in [0.15, 0.2) is 0 Å². The molecule has 0 radical (unpaired) electrons. The third-order valence-corrected chi connectivity index (χ3v) is 2.56. The van der Waals surface area contributed by atoms with Gasteiger partial charge in [-0.1, -0.05) is 6.92 Å². The van der Waals surface area contributed by atoms with Crippen molar-refractivity contribution >= 4 is 0 Å². The van der Waals surface area contributed by atoms with Crippen molar-refractivity contribution in [1.29, 1.82) is 5.26 Å². The van der Waals surface area contributed by atoms with E-state index < -0.39 is 0 Å². The first-order valence-electron chi connectivity index (χ1n) is 5.25. The van der Waals surface area contributed by atoms with E-state index in [2.05, 4.69) is 25.0 Å². The Labute approximate surface area is 90.1 Å². The molecule has 1 heterocycles. The zero-order chi connectivity index (χ0) is 11.3. The lowest BCUT2D eigenvalue weighted by Gasteiger charge is -2.08. The van der Waals surface area contributed by atoms with Crippen molar-refractivity contribution in [3.05, 3.63) is 18.0 Å². The predicted molar refractivity (Wildman–Crippen MR) is 57.1 cm³/mol. The van der Waals surface area contributed by atoms with Gasteiger partial charge in [0, 0.05) is 18.7 Å². The van der Waals surface area contributed by atoms with Crippen LogP contribution in [0.4, 0.5) is 0 Å². The van der Waals surface area contributed by atoms with E-state index in [4.69, 9.17) is 10.4 Å². The number of nitriles is 1. The van der Waals surface area contributed by atoms with Crippen LogP contribution in [0.3, 0.4) is 0 Å². The molecule has 0 aliphatic carbocycles. The van der Waals surface area contributed by atoms with Crippen LogP contribution in [0.2, 0.25) is 0 Å². The Bertz CT molecular complexity index is 340. The van der Waals surface area contributed by atoms with Gasteiger partial charge in [-0.25, -0.2) is 0 Å². The second-order valence-electron chi connectivity index (χ2n) is 3.76. The van der Waals surface area contributed by atoms with Crippen LogP contribution in [-0.2, 0) is 6.42 Å². The summed E-state index contributed by atoms with van der Waals surface area (Å²) in [4.78, 5) is 0. The molecule has 1 rings (SSSR count). The minimum Gasteiger partial charge on any atom is -0.395 e. The Morgan fingerprint density at radius 1 is 1.67 bits per heavy atom. The summed E-state index contributed by atoms with van der Waals surface area (Å²) in [6.45, 7) is 4.11. The summed E-state index contributed by atoms with van der Waals surface area (Å²) in [6.07, 6.45) is 3.48. The number of aliphatic hydroxyl groups excluding tert-OH is 1. The molecule has 4 heteroatoms. The molecule has 82 valence electrons. The van der Waals surface area contributed by atoms with Crippen molar-refractivity contribution in [3.63, 3.8) is 0 Å². The van der Waals surface area contributed by atoms with Crippen molar-refractivity contribution in [2.75, 3.05) is 6.61 Å². The summed E-state index contributed by atoms with van der Waals surface area (Å²) in [5.74, 6) is -0.342. The summed E-state index contributed by atoms with van der Waals surface area (Å²) in [5.41, 5.74) is 0.871. The van der Waals surface area contributed by atoms with Gasteiger partial charge in [-0.05, 0) is 19.4 Å². The van der Waals surface area contributed by atoms with Crippen LogP contribution in [0.5, 0.6) is 0 Å². The zero-order valence-corrected chi connectivity index (χ0v) is 9.22. The van der Waals surface area contributed by atoms with Crippen LogP contribution in [0.15, 0.2) is 12.3 Å². The molecule has 0 fully saturated rings. The van der Waals surface area contributed by atoms with Crippen LogP contribution in [-0.4, -0.2) is 21.5 Å². The quantitative estimate of drug-likeness (QED) is 0.796. The second-order valence-corrected chi connectivity index (χ2v) is 3.76. The molecule has 0 aliphatic rings. The number of hydrogen-bond donors (Lipinski definition) is 1. The normalized spacial score (nSPS) is 14.5. The Hall–Kier alpha value is -1.34. The van der Waals surface area contributed by atoms with Crippen LogP contribution < -0.4 is 0 Å². The molecule has 0 spiro atoms. The predicted octanol–water partition coefficient (Wildman–Crippen LogP) is 1.53. The molecule has 1 aromatic heterocycles. The molecule has 2 unspecified atom stereocenters. The third-order valence-electron chi connectivity index (χ3n) is 2.56. The fourth-order valence-electron chi connectivity index (χ4n) is 1.32. The molecule has 1 aromatic rings. The molecule has 15 heavy (non-hydrogen) atoms. The summed E-state index contributed by atoms with van der Waals surface area (Å²) in [7, 11) is 0. The average molecular weight is 207 g/mol. The first kappa shape index (κ1) is 11.7. The van der Waals surface area contributed by atoms with Gasteiger partial charge in [-0.2, -0.15) is 10.4 Å². The van der Waals surface area contributed by atoms with E-state index in [1.54, 1.807) is 0 Å². The van der Waals surface area contributed by atoms with Crippen molar-refractivity contribution in [3.8, 4) is 6.07 Å². The van der Waals surface area contributed by atoms with Crippen LogP contribution in [0, 0.1) is 17.2 Å². The highest BCUT2D eigenvalue weighted by molar-refractivity contribution is 5.04. The van der Waals surface area contributed by atoms with Crippen molar-refractivity contribution < 1.29 is 5.11 Å². The van der Waals surface area contributed by atoms with E-state index in [1.807, 2.05) is 16.9 Å². The highest BCUT2D eigenvalue weighted by atomic mass is 16.3. The maximum atomic E-state index is 8.89. The smallest absolute Gasteiger partial charge is 0.0750 e. The minimum absolute atomic E-state index is 0.104. The van der Waals surface area contributed by atoms with E-state index in [0.717, 1.165) is 12.1 Å². The van der Waals surface area contributed by atoms with Crippen molar-refractivity contribution in [2.45, 2.75) is 32.7 Å². The molecule has 0 saturated carbocycles. The minimum atomic E-state index is -0.342. The largest absolute Gasteiger partial charge is 0.395 e. The SMILES string of the molecule is CCC(C)n1ccc(CC(C#N)CO)n1. The third kappa shape index (κ3) is 3.07. The molecular formula is C11H17N3O. The maximum Gasteiger partial charge on any atom is 0.0750 e.